The molecule has 7 heteroatoms. The highest BCUT2D eigenvalue weighted by Crippen LogP contribution is 2.44. The zero-order valence-corrected chi connectivity index (χ0v) is 18.8. The van der Waals surface area contributed by atoms with Gasteiger partial charge >= 0.3 is 0 Å². The van der Waals surface area contributed by atoms with Crippen LogP contribution in [0.15, 0.2) is 51.4 Å². The van der Waals surface area contributed by atoms with Crippen LogP contribution in [0.5, 0.6) is 5.75 Å². The molecule has 3 aromatic carbocycles. The highest BCUT2D eigenvalue weighted by Gasteiger charge is 2.21. The zero-order valence-electron chi connectivity index (χ0n) is 15.6. The van der Waals surface area contributed by atoms with Crippen LogP contribution in [-0.4, -0.2) is 27.3 Å². The van der Waals surface area contributed by atoms with E-state index in [1.165, 1.54) is 0 Å². The highest BCUT2D eigenvalue weighted by atomic mass is 79.9. The lowest BCUT2D eigenvalue weighted by Gasteiger charge is -2.10. The van der Waals surface area contributed by atoms with E-state index in [0.717, 1.165) is 52.6 Å². The van der Waals surface area contributed by atoms with Crippen LogP contribution < -0.4 is 11.5 Å². The summed E-state index contributed by atoms with van der Waals surface area (Å²) in [5, 5.41) is 15.7. The topological polar surface area (TPSA) is 82.1 Å². The summed E-state index contributed by atoms with van der Waals surface area (Å²) in [7, 11) is 0. The minimum Gasteiger partial charge on any atom is -0.504 e. The first-order valence-corrected chi connectivity index (χ1v) is 11.1. The molecule has 2 heterocycles. The molecule has 0 aliphatic heterocycles. The van der Waals surface area contributed by atoms with Crippen LogP contribution in [0.4, 0.5) is 0 Å². The first kappa shape index (κ1) is 18.9. The summed E-state index contributed by atoms with van der Waals surface area (Å²) in [4.78, 5) is 0. The summed E-state index contributed by atoms with van der Waals surface area (Å²) in [5.74, 6) is 0.277. The van der Waals surface area contributed by atoms with E-state index < -0.39 is 0 Å². The lowest BCUT2D eigenvalue weighted by atomic mass is 10.1. The van der Waals surface area contributed by atoms with Crippen molar-refractivity contribution < 1.29 is 5.11 Å². The average Bonchev–Trinajstić information content (AvgIpc) is 3.16. The van der Waals surface area contributed by atoms with Crippen molar-refractivity contribution >= 4 is 75.5 Å². The summed E-state index contributed by atoms with van der Waals surface area (Å²) < 4.78 is 6.24. The van der Waals surface area contributed by atoms with Gasteiger partial charge in [0, 0.05) is 67.7 Å². The first-order chi connectivity index (χ1) is 14.0. The Kier molecular flexibility index (Phi) is 4.58. The van der Waals surface area contributed by atoms with E-state index in [4.69, 9.17) is 11.5 Å². The van der Waals surface area contributed by atoms with E-state index in [1.807, 2.05) is 12.1 Å². The van der Waals surface area contributed by atoms with Crippen LogP contribution >= 0.6 is 31.9 Å². The molecular weight excluding hydrogens is 496 g/mol. The third-order valence-corrected chi connectivity index (χ3v) is 6.56. The second-order valence-corrected chi connectivity index (χ2v) is 9.05. The molecule has 0 saturated heterocycles. The van der Waals surface area contributed by atoms with Crippen molar-refractivity contribution in [3.05, 3.63) is 51.4 Å². The molecule has 148 valence electrons. The third kappa shape index (κ3) is 2.72. The second kappa shape index (κ2) is 7.02. The van der Waals surface area contributed by atoms with Gasteiger partial charge < -0.3 is 25.7 Å². The monoisotopic (exact) mass is 514 g/mol. The Balaban J connectivity index is 2.05. The normalized spacial score (nSPS) is 12.1. The van der Waals surface area contributed by atoms with Crippen molar-refractivity contribution in [2.24, 2.45) is 11.5 Å². The van der Waals surface area contributed by atoms with Crippen LogP contribution in [-0.2, 0) is 13.1 Å². The number of phenolic OH excluding ortho intramolecular Hbond substituents is 1. The maximum atomic E-state index is 11.5. The molecule has 5 rings (SSSR count). The van der Waals surface area contributed by atoms with Gasteiger partial charge in [0.05, 0.1) is 11.0 Å². The van der Waals surface area contributed by atoms with Gasteiger partial charge in [0.25, 0.3) is 0 Å². The maximum Gasteiger partial charge on any atom is 0.164 e. The van der Waals surface area contributed by atoms with E-state index in [-0.39, 0.29) is 5.75 Å². The number of rotatable bonds is 4. The van der Waals surface area contributed by atoms with Crippen LogP contribution in [0.1, 0.15) is 0 Å². The molecule has 5 N–H and O–H groups in total. The number of nitrogens with two attached hydrogens (primary N) is 2. The van der Waals surface area contributed by atoms with Gasteiger partial charge in [-0.3, -0.25) is 0 Å². The number of fused-ring (bicyclic) bond motifs is 6. The summed E-state index contributed by atoms with van der Waals surface area (Å²) in [6.45, 7) is 2.24. The Morgan fingerprint density at radius 3 is 1.55 bits per heavy atom. The van der Waals surface area contributed by atoms with E-state index >= 15 is 0 Å². The molecule has 5 nitrogen and oxygen atoms in total. The fourth-order valence-corrected chi connectivity index (χ4v) is 5.21. The van der Waals surface area contributed by atoms with Gasteiger partial charge in [-0.15, -0.1) is 0 Å². The number of nitrogens with zero attached hydrogens (tertiary/aromatic N) is 2. The Morgan fingerprint density at radius 2 is 1.14 bits per heavy atom. The SMILES string of the molecule is NCCn1c2ccc(Br)cc2c2cc3c4cc(Br)ccc4n(CCN)c3c(O)c21. The molecule has 0 amide bonds. The molecule has 0 unspecified atom stereocenters. The molecule has 2 aromatic heterocycles. The molecule has 0 aliphatic carbocycles. The largest absolute Gasteiger partial charge is 0.504 e. The maximum absolute atomic E-state index is 11.5. The Labute approximate surface area is 184 Å². The van der Waals surface area contributed by atoms with Gasteiger partial charge in [-0.25, -0.2) is 0 Å². The average molecular weight is 516 g/mol. The number of halogens is 2. The van der Waals surface area contributed by atoms with Gasteiger partial charge in [-0.2, -0.15) is 0 Å². The molecule has 0 bridgehead atoms. The van der Waals surface area contributed by atoms with Crippen molar-refractivity contribution in [1.82, 2.24) is 9.13 Å². The van der Waals surface area contributed by atoms with Crippen molar-refractivity contribution in [1.29, 1.82) is 0 Å². The summed E-state index contributed by atoms with van der Waals surface area (Å²) in [6.07, 6.45) is 0. The molecule has 0 fully saturated rings. The lowest BCUT2D eigenvalue weighted by molar-refractivity contribution is 0.480. The van der Waals surface area contributed by atoms with Gasteiger partial charge in [-0.05, 0) is 42.5 Å². The number of phenols is 1. The number of aromatic hydroxyl groups is 1. The van der Waals surface area contributed by atoms with Crippen molar-refractivity contribution in [2.75, 3.05) is 13.1 Å². The van der Waals surface area contributed by atoms with Crippen molar-refractivity contribution in [3.63, 3.8) is 0 Å². The molecule has 0 atom stereocenters. The zero-order chi connectivity index (χ0) is 20.3. The van der Waals surface area contributed by atoms with Crippen LogP contribution in [0, 0.1) is 0 Å². The number of hydrogen-bond acceptors (Lipinski definition) is 3. The van der Waals surface area contributed by atoms with Crippen LogP contribution in [0.3, 0.4) is 0 Å². The van der Waals surface area contributed by atoms with E-state index in [1.54, 1.807) is 0 Å². The first-order valence-electron chi connectivity index (χ1n) is 9.50. The van der Waals surface area contributed by atoms with Crippen LogP contribution in [0.25, 0.3) is 43.6 Å². The summed E-state index contributed by atoms with van der Waals surface area (Å²) >= 11 is 7.18. The number of hydrogen-bond donors (Lipinski definition) is 3. The Bertz CT molecular complexity index is 1310. The molecule has 0 saturated carbocycles. The minimum atomic E-state index is 0.277. The van der Waals surface area contributed by atoms with Gasteiger partial charge in [0.15, 0.2) is 5.75 Å². The molecular formula is C22H20Br2N4O. The third-order valence-electron chi connectivity index (χ3n) is 5.57. The number of benzene rings is 3. The van der Waals surface area contributed by atoms with E-state index in [2.05, 4.69) is 71.3 Å². The predicted molar refractivity (Wildman–Crippen MR) is 128 cm³/mol. The number of aromatic nitrogens is 2. The second-order valence-electron chi connectivity index (χ2n) is 7.22. The minimum absolute atomic E-state index is 0.277. The molecule has 29 heavy (non-hydrogen) atoms. The Hall–Kier alpha value is -2.06. The van der Waals surface area contributed by atoms with Crippen molar-refractivity contribution in [2.45, 2.75) is 13.1 Å². The Morgan fingerprint density at radius 1 is 0.690 bits per heavy atom. The van der Waals surface area contributed by atoms with E-state index in [0.29, 0.717) is 26.2 Å². The summed E-state index contributed by atoms with van der Waals surface area (Å²) in [5.41, 5.74) is 15.6. The lowest BCUT2D eigenvalue weighted by Crippen LogP contribution is -2.10. The fraction of sp³-hybridized carbons (Fsp3) is 0.182. The standard InChI is InChI=1S/C22H20Br2N4O/c23-12-1-3-18-14(9-12)16-11-17-15-10-13(24)2-4-19(15)28(8-6-26)21(17)22(29)20(16)27(18)7-5-25/h1-4,9-11,29H,5-8,25-26H2. The van der Waals surface area contributed by atoms with Gasteiger partial charge in [0.1, 0.15) is 0 Å². The predicted octanol–water partition coefficient (Wildman–Crippen LogP) is 5.05. The van der Waals surface area contributed by atoms with Gasteiger partial charge in [0.2, 0.25) is 0 Å². The molecule has 0 spiro atoms. The van der Waals surface area contributed by atoms with E-state index in [9.17, 15) is 5.11 Å². The molecule has 0 aliphatic rings. The quantitative estimate of drug-likeness (QED) is 0.313. The van der Waals surface area contributed by atoms with Crippen molar-refractivity contribution in [3.8, 4) is 5.75 Å². The molecule has 0 radical (unpaired) electrons. The smallest absolute Gasteiger partial charge is 0.164 e. The fourth-order valence-electron chi connectivity index (χ4n) is 4.49. The van der Waals surface area contributed by atoms with Gasteiger partial charge in [-0.1, -0.05) is 31.9 Å². The highest BCUT2D eigenvalue weighted by molar-refractivity contribution is 9.10. The summed E-state index contributed by atoms with van der Waals surface area (Å²) in [6, 6.07) is 14.6. The molecule has 5 aromatic rings. The van der Waals surface area contributed by atoms with Crippen LogP contribution in [0.2, 0.25) is 0 Å².